The lowest BCUT2D eigenvalue weighted by Gasteiger charge is -2.08. The highest BCUT2D eigenvalue weighted by Gasteiger charge is 1.95. The largest absolute Gasteiger partial charge is 0.362 e. The van der Waals surface area contributed by atoms with Crippen LogP contribution < -0.4 is 9.96 Å². The fourth-order valence-electron chi connectivity index (χ4n) is 0.338. The average Bonchev–Trinajstić information content (AvgIpc) is 1.72. The fourth-order valence-corrected chi connectivity index (χ4v) is 2.30. The summed E-state index contributed by atoms with van der Waals surface area (Å²) in [7, 11) is 1.91. The molecule has 1 saturated heterocycles. The van der Waals surface area contributed by atoms with E-state index in [1.807, 2.05) is 0 Å². The van der Waals surface area contributed by atoms with Gasteiger partial charge in [-0.15, -0.1) is 0 Å². The molecule has 32 valence electrons. The summed E-state index contributed by atoms with van der Waals surface area (Å²) in [6.45, 7) is 0. The Kier molecular flexibility index (Phi) is 1.89. The summed E-state index contributed by atoms with van der Waals surface area (Å²) in [5.41, 5.74) is 0. The third-order valence-corrected chi connectivity index (χ3v) is 2.87. The van der Waals surface area contributed by atoms with Crippen molar-refractivity contribution in [3.63, 3.8) is 0 Å². The van der Waals surface area contributed by atoms with Gasteiger partial charge >= 0.3 is 0 Å². The molecule has 0 unspecified atom stereocenters. The average molecular weight is 114 g/mol. The topological polar surface area (TPSA) is 24.1 Å². The van der Waals surface area contributed by atoms with Crippen molar-refractivity contribution in [2.75, 3.05) is 12.3 Å². The van der Waals surface area contributed by atoms with Crippen LogP contribution in [0.1, 0.15) is 0 Å². The van der Waals surface area contributed by atoms with Crippen molar-refractivity contribution < 1.29 is 0 Å². The van der Waals surface area contributed by atoms with Crippen molar-refractivity contribution in [1.82, 2.24) is 9.96 Å². The van der Waals surface area contributed by atoms with Crippen LogP contribution in [0.4, 0.5) is 0 Å². The van der Waals surface area contributed by atoms with E-state index in [1.54, 1.807) is 0 Å². The lowest BCUT2D eigenvalue weighted by molar-refractivity contribution is 0.891. The van der Waals surface area contributed by atoms with E-state index in [4.69, 9.17) is 0 Å². The summed E-state index contributed by atoms with van der Waals surface area (Å²) >= 11 is 0. The fraction of sp³-hybridized carbons (Fsp3) is 1.00. The van der Waals surface area contributed by atoms with E-state index in [-0.39, 0.29) is 0 Å². The highest BCUT2D eigenvalue weighted by atomic mass is 28.3. The summed E-state index contributed by atoms with van der Waals surface area (Å²) in [6, 6.07) is 0. The highest BCUT2D eigenvalue weighted by Crippen LogP contribution is 1.59. The first kappa shape index (κ1) is 4.51. The lowest BCUT2D eigenvalue weighted by Crippen LogP contribution is -2.45. The zero-order valence-electron chi connectivity index (χ0n) is 3.41. The number of rotatable bonds is 0. The molecular formula is C2H6N2Si2. The maximum atomic E-state index is 3.28. The van der Waals surface area contributed by atoms with Crippen molar-refractivity contribution in [2.45, 2.75) is 0 Å². The summed E-state index contributed by atoms with van der Waals surface area (Å²) in [5.74, 6) is 0. The molecule has 0 atom stereocenters. The van der Waals surface area contributed by atoms with Crippen molar-refractivity contribution in [1.29, 1.82) is 0 Å². The van der Waals surface area contributed by atoms with E-state index < -0.39 is 0 Å². The van der Waals surface area contributed by atoms with E-state index >= 15 is 0 Å². The second-order valence-corrected chi connectivity index (χ2v) is 3.50. The van der Waals surface area contributed by atoms with E-state index in [0.717, 1.165) is 19.4 Å². The predicted octanol–water partition coefficient (Wildman–Crippen LogP) is -1.67. The molecule has 0 aromatic rings. The Bertz CT molecular complexity index is 25.0. The van der Waals surface area contributed by atoms with Crippen LogP contribution in [0.2, 0.25) is 0 Å². The zero-order chi connectivity index (χ0) is 4.24. The molecule has 1 heterocycles. The van der Waals surface area contributed by atoms with Gasteiger partial charge < -0.3 is 9.96 Å². The van der Waals surface area contributed by atoms with Crippen molar-refractivity contribution >= 4 is 19.4 Å². The molecule has 1 rings (SSSR count). The molecule has 2 nitrogen and oxygen atoms in total. The van der Waals surface area contributed by atoms with E-state index in [9.17, 15) is 0 Å². The molecule has 1 aliphatic heterocycles. The van der Waals surface area contributed by atoms with Crippen LogP contribution in [0.5, 0.6) is 0 Å². The Morgan fingerprint density at radius 2 is 1.83 bits per heavy atom. The van der Waals surface area contributed by atoms with Crippen LogP contribution in [0, 0.1) is 0 Å². The molecule has 0 aromatic heterocycles. The molecule has 1 aliphatic rings. The summed E-state index contributed by atoms with van der Waals surface area (Å²) in [4.78, 5) is 0. The van der Waals surface area contributed by atoms with E-state index in [0.29, 0.717) is 0 Å². The Morgan fingerprint density at radius 3 is 2.00 bits per heavy atom. The molecule has 0 spiro atoms. The second kappa shape index (κ2) is 2.51. The van der Waals surface area contributed by atoms with Crippen LogP contribution in [0.15, 0.2) is 0 Å². The molecule has 0 bridgehead atoms. The van der Waals surface area contributed by atoms with Crippen molar-refractivity contribution in [3.05, 3.63) is 0 Å². The van der Waals surface area contributed by atoms with Crippen LogP contribution in [0.25, 0.3) is 0 Å². The van der Waals surface area contributed by atoms with Crippen LogP contribution in [0.3, 0.4) is 0 Å². The maximum absolute atomic E-state index is 3.28. The van der Waals surface area contributed by atoms with Gasteiger partial charge in [-0.1, -0.05) is 0 Å². The van der Waals surface area contributed by atoms with Crippen LogP contribution >= 0.6 is 0 Å². The Hall–Kier alpha value is 0.354. The van der Waals surface area contributed by atoms with Gasteiger partial charge in [-0.05, 0) is 0 Å². The lowest BCUT2D eigenvalue weighted by atomic mass is 11.2. The maximum Gasteiger partial charge on any atom is 0.146 e. The van der Waals surface area contributed by atoms with Crippen molar-refractivity contribution in [2.24, 2.45) is 0 Å². The van der Waals surface area contributed by atoms with Gasteiger partial charge in [0.25, 0.3) is 0 Å². The predicted molar refractivity (Wildman–Crippen MR) is 27.5 cm³/mol. The smallest absolute Gasteiger partial charge is 0.146 e. The number of hydrogen-bond donors (Lipinski definition) is 2. The van der Waals surface area contributed by atoms with Crippen molar-refractivity contribution in [3.8, 4) is 0 Å². The van der Waals surface area contributed by atoms with Gasteiger partial charge in [-0.25, -0.2) is 0 Å². The molecule has 4 radical (unpaired) electrons. The number of nitrogens with one attached hydrogen (secondary N) is 2. The summed E-state index contributed by atoms with van der Waals surface area (Å²) in [6.07, 6.45) is 2.35. The Morgan fingerprint density at radius 1 is 1.17 bits per heavy atom. The van der Waals surface area contributed by atoms with E-state index in [2.05, 4.69) is 9.96 Å². The van der Waals surface area contributed by atoms with Crippen LogP contribution in [-0.2, 0) is 0 Å². The molecule has 2 N–H and O–H groups in total. The standard InChI is InChI=1S/C2H6N2Si2/c1-3-2-6-4-5-1/h3-4H,1-2H2. The van der Waals surface area contributed by atoms with Gasteiger partial charge in [0.05, 0.1) is 0 Å². The first-order valence-electron chi connectivity index (χ1n) is 1.91. The Balaban J connectivity index is 2.00. The molecular weight excluding hydrogens is 108 g/mol. The third-order valence-electron chi connectivity index (χ3n) is 0.604. The van der Waals surface area contributed by atoms with Gasteiger partial charge in [-0.3, -0.25) is 0 Å². The number of hydrogen-bond acceptors (Lipinski definition) is 2. The van der Waals surface area contributed by atoms with Crippen LogP contribution in [-0.4, -0.2) is 31.7 Å². The quantitative estimate of drug-likeness (QED) is 0.368. The second-order valence-electron chi connectivity index (χ2n) is 1.08. The molecule has 0 amide bonds. The Labute approximate surface area is 42.5 Å². The normalized spacial score (nSPS) is 24.0. The SMILES string of the molecule is C1NC[Si]N[Si]1. The summed E-state index contributed by atoms with van der Waals surface area (Å²) in [5, 5.41) is 3.25. The molecule has 0 aromatic carbocycles. The minimum Gasteiger partial charge on any atom is -0.362 e. The zero-order valence-corrected chi connectivity index (χ0v) is 5.41. The summed E-state index contributed by atoms with van der Waals surface area (Å²) < 4.78 is 3.28. The van der Waals surface area contributed by atoms with Gasteiger partial charge in [-0.2, -0.15) is 0 Å². The van der Waals surface area contributed by atoms with E-state index in [1.165, 1.54) is 12.3 Å². The first-order valence-corrected chi connectivity index (χ1v) is 4.33. The first-order chi connectivity index (χ1) is 3.00. The van der Waals surface area contributed by atoms with Gasteiger partial charge in [0.15, 0.2) is 0 Å². The van der Waals surface area contributed by atoms with Gasteiger partial charge in [0.1, 0.15) is 19.4 Å². The molecule has 4 heteroatoms. The van der Waals surface area contributed by atoms with Gasteiger partial charge in [0, 0.05) is 12.3 Å². The molecule has 0 aliphatic carbocycles. The van der Waals surface area contributed by atoms with Gasteiger partial charge in [0.2, 0.25) is 0 Å². The monoisotopic (exact) mass is 114 g/mol. The minimum atomic E-state index is 0.953. The third kappa shape index (κ3) is 1.21. The molecule has 1 fully saturated rings. The minimum absolute atomic E-state index is 0.953. The molecule has 6 heavy (non-hydrogen) atoms. The molecule has 0 saturated carbocycles. The highest BCUT2D eigenvalue weighted by molar-refractivity contribution is 6.52.